The molecular formula is C15H19N3O5S. The van der Waals surface area contributed by atoms with Crippen molar-refractivity contribution in [1.29, 1.82) is 0 Å². The molecule has 0 amide bonds. The Hall–Kier alpha value is -2.23. The van der Waals surface area contributed by atoms with Gasteiger partial charge in [0.1, 0.15) is 5.82 Å². The van der Waals surface area contributed by atoms with E-state index in [4.69, 9.17) is 4.74 Å². The number of rotatable bonds is 8. The Morgan fingerprint density at radius 1 is 1.38 bits per heavy atom. The molecule has 0 radical (unpaired) electrons. The Kier molecular flexibility index (Phi) is 5.71. The van der Waals surface area contributed by atoms with Crippen LogP contribution in [0, 0.1) is 0 Å². The Bertz CT molecular complexity index is 829. The van der Waals surface area contributed by atoms with Gasteiger partial charge in [0, 0.05) is 38.2 Å². The van der Waals surface area contributed by atoms with E-state index in [-0.39, 0.29) is 23.6 Å². The van der Waals surface area contributed by atoms with E-state index < -0.39 is 16.0 Å². The first-order chi connectivity index (χ1) is 11.4. The van der Waals surface area contributed by atoms with E-state index in [1.54, 1.807) is 17.0 Å². The lowest BCUT2D eigenvalue weighted by Gasteiger charge is -2.12. The lowest BCUT2D eigenvalue weighted by molar-refractivity contribution is 0.0696. The van der Waals surface area contributed by atoms with Crippen molar-refractivity contribution in [1.82, 2.24) is 14.3 Å². The summed E-state index contributed by atoms with van der Waals surface area (Å²) in [5, 5.41) is 9.28. The Labute approximate surface area is 140 Å². The highest BCUT2D eigenvalue weighted by Gasteiger charge is 2.19. The summed E-state index contributed by atoms with van der Waals surface area (Å²) in [6.45, 7) is 2.22. The zero-order valence-electron chi connectivity index (χ0n) is 13.4. The molecule has 0 saturated heterocycles. The monoisotopic (exact) mass is 353 g/mol. The molecule has 1 aromatic carbocycles. The standard InChI is InChI=1S/C15H19N3O5S/c1-3-14-16-4-6-18(14)12-8-11(15(19)20)9-13(10-12)24(21,22)17-5-7-23-2/h4,6,8-10,17H,3,5,7H2,1-2H3,(H,19,20). The van der Waals surface area contributed by atoms with Crippen LogP contribution in [0.2, 0.25) is 0 Å². The Morgan fingerprint density at radius 3 is 2.75 bits per heavy atom. The molecule has 0 aliphatic heterocycles. The fourth-order valence-corrected chi connectivity index (χ4v) is 3.27. The molecule has 24 heavy (non-hydrogen) atoms. The molecule has 0 aliphatic rings. The van der Waals surface area contributed by atoms with Crippen molar-refractivity contribution in [3.63, 3.8) is 0 Å². The van der Waals surface area contributed by atoms with Gasteiger partial charge in [0.15, 0.2) is 0 Å². The van der Waals surface area contributed by atoms with Gasteiger partial charge in [-0.25, -0.2) is 22.9 Å². The van der Waals surface area contributed by atoms with Gasteiger partial charge in [0.05, 0.1) is 17.1 Å². The quantitative estimate of drug-likeness (QED) is 0.687. The molecule has 2 N–H and O–H groups in total. The van der Waals surface area contributed by atoms with Gasteiger partial charge in [-0.2, -0.15) is 0 Å². The normalized spacial score (nSPS) is 11.6. The smallest absolute Gasteiger partial charge is 0.335 e. The molecule has 1 heterocycles. The first-order valence-corrected chi connectivity index (χ1v) is 8.77. The van der Waals surface area contributed by atoms with E-state index in [9.17, 15) is 18.3 Å². The summed E-state index contributed by atoms with van der Waals surface area (Å²) in [6.07, 6.45) is 3.87. The SMILES string of the molecule is CCc1nccn1-c1cc(C(=O)O)cc(S(=O)(=O)NCCOC)c1. The van der Waals surface area contributed by atoms with Crippen LogP contribution in [0.3, 0.4) is 0 Å². The maximum Gasteiger partial charge on any atom is 0.335 e. The second-order valence-corrected chi connectivity index (χ2v) is 6.75. The number of nitrogens with zero attached hydrogens (tertiary/aromatic N) is 2. The van der Waals surface area contributed by atoms with Gasteiger partial charge in [-0.05, 0) is 18.2 Å². The average Bonchev–Trinajstić information content (AvgIpc) is 3.03. The minimum absolute atomic E-state index is 0.0940. The number of hydrogen-bond donors (Lipinski definition) is 2. The third-order valence-electron chi connectivity index (χ3n) is 3.36. The first kappa shape index (κ1) is 18.1. The topological polar surface area (TPSA) is 111 Å². The second kappa shape index (κ2) is 7.56. The van der Waals surface area contributed by atoms with Crippen molar-refractivity contribution in [2.75, 3.05) is 20.3 Å². The largest absolute Gasteiger partial charge is 0.478 e. The van der Waals surface area contributed by atoms with Crippen LogP contribution in [-0.2, 0) is 21.2 Å². The van der Waals surface area contributed by atoms with Crippen LogP contribution in [0.5, 0.6) is 0 Å². The van der Waals surface area contributed by atoms with Crippen LogP contribution in [0.15, 0.2) is 35.5 Å². The lowest BCUT2D eigenvalue weighted by atomic mass is 10.2. The summed E-state index contributed by atoms with van der Waals surface area (Å²) in [5.41, 5.74) is 0.312. The van der Waals surface area contributed by atoms with E-state index in [0.717, 1.165) is 6.07 Å². The fraction of sp³-hybridized carbons (Fsp3) is 0.333. The Morgan fingerprint density at radius 2 is 2.12 bits per heavy atom. The van der Waals surface area contributed by atoms with Gasteiger partial charge in [-0.1, -0.05) is 6.92 Å². The van der Waals surface area contributed by atoms with E-state index in [0.29, 0.717) is 17.9 Å². The molecule has 0 unspecified atom stereocenters. The van der Waals surface area contributed by atoms with Gasteiger partial charge in [-0.3, -0.25) is 0 Å². The van der Waals surface area contributed by atoms with Crippen molar-refractivity contribution in [2.24, 2.45) is 0 Å². The molecule has 9 heteroatoms. The second-order valence-electron chi connectivity index (χ2n) is 4.98. The summed E-state index contributed by atoms with van der Waals surface area (Å²) < 4.78 is 33.6. The summed E-state index contributed by atoms with van der Waals surface area (Å²) >= 11 is 0. The number of methoxy groups -OCH3 is 1. The van der Waals surface area contributed by atoms with Crippen LogP contribution in [0.25, 0.3) is 5.69 Å². The third kappa shape index (κ3) is 3.99. The first-order valence-electron chi connectivity index (χ1n) is 7.28. The third-order valence-corrected chi connectivity index (χ3v) is 4.80. The predicted octanol–water partition coefficient (Wildman–Crippen LogP) is 1.06. The molecule has 2 aromatic rings. The predicted molar refractivity (Wildman–Crippen MR) is 87.0 cm³/mol. The van der Waals surface area contributed by atoms with Crippen LogP contribution in [0.1, 0.15) is 23.1 Å². The number of ether oxygens (including phenoxy) is 1. The molecule has 1 aromatic heterocycles. The molecule has 2 rings (SSSR count). The number of carboxylic acid groups (broad SMARTS) is 1. The summed E-state index contributed by atoms with van der Waals surface area (Å²) in [7, 11) is -2.39. The number of imidazole rings is 1. The van der Waals surface area contributed by atoms with E-state index >= 15 is 0 Å². The fourth-order valence-electron chi connectivity index (χ4n) is 2.19. The number of aromatic nitrogens is 2. The number of carboxylic acids is 1. The molecule has 0 aliphatic carbocycles. The van der Waals surface area contributed by atoms with Crippen LogP contribution >= 0.6 is 0 Å². The van der Waals surface area contributed by atoms with E-state index in [1.807, 2.05) is 6.92 Å². The van der Waals surface area contributed by atoms with Crippen molar-refractivity contribution in [3.8, 4) is 5.69 Å². The maximum absolute atomic E-state index is 12.4. The number of carbonyl (C=O) groups is 1. The van der Waals surface area contributed by atoms with Gasteiger partial charge in [0.25, 0.3) is 0 Å². The highest BCUT2D eigenvalue weighted by atomic mass is 32.2. The number of benzene rings is 1. The van der Waals surface area contributed by atoms with Crippen LogP contribution in [-0.4, -0.2) is 49.3 Å². The Balaban J connectivity index is 2.51. The van der Waals surface area contributed by atoms with E-state index in [1.165, 1.54) is 19.2 Å². The molecular weight excluding hydrogens is 334 g/mol. The van der Waals surface area contributed by atoms with Crippen LogP contribution < -0.4 is 4.72 Å². The number of sulfonamides is 1. The van der Waals surface area contributed by atoms with E-state index in [2.05, 4.69) is 9.71 Å². The number of nitrogens with one attached hydrogen (secondary N) is 1. The molecule has 0 fully saturated rings. The number of aromatic carboxylic acids is 1. The molecule has 130 valence electrons. The molecule has 0 bridgehead atoms. The highest BCUT2D eigenvalue weighted by Crippen LogP contribution is 2.20. The average molecular weight is 353 g/mol. The van der Waals surface area contributed by atoms with Gasteiger partial charge in [-0.15, -0.1) is 0 Å². The van der Waals surface area contributed by atoms with Crippen molar-refractivity contribution < 1.29 is 23.1 Å². The molecule has 8 nitrogen and oxygen atoms in total. The molecule has 0 saturated carbocycles. The van der Waals surface area contributed by atoms with Crippen molar-refractivity contribution in [2.45, 2.75) is 18.2 Å². The maximum atomic E-state index is 12.4. The number of hydrogen-bond acceptors (Lipinski definition) is 5. The lowest BCUT2D eigenvalue weighted by Crippen LogP contribution is -2.27. The molecule has 0 atom stereocenters. The minimum atomic E-state index is -3.85. The highest BCUT2D eigenvalue weighted by molar-refractivity contribution is 7.89. The zero-order valence-corrected chi connectivity index (χ0v) is 14.2. The minimum Gasteiger partial charge on any atom is -0.478 e. The van der Waals surface area contributed by atoms with Gasteiger partial charge in [0.2, 0.25) is 10.0 Å². The van der Waals surface area contributed by atoms with Crippen molar-refractivity contribution >= 4 is 16.0 Å². The van der Waals surface area contributed by atoms with Gasteiger partial charge < -0.3 is 14.4 Å². The summed E-state index contributed by atoms with van der Waals surface area (Å²) in [5.74, 6) is -0.503. The molecule has 0 spiro atoms. The summed E-state index contributed by atoms with van der Waals surface area (Å²) in [6, 6.07) is 3.96. The zero-order chi connectivity index (χ0) is 17.7. The number of aryl methyl sites for hydroxylation is 1. The van der Waals surface area contributed by atoms with Crippen molar-refractivity contribution in [3.05, 3.63) is 42.0 Å². The van der Waals surface area contributed by atoms with Gasteiger partial charge >= 0.3 is 5.97 Å². The summed E-state index contributed by atoms with van der Waals surface area (Å²) in [4.78, 5) is 15.4. The van der Waals surface area contributed by atoms with Crippen LogP contribution in [0.4, 0.5) is 0 Å².